The summed E-state index contributed by atoms with van der Waals surface area (Å²) >= 11 is 1.87. The van der Waals surface area contributed by atoms with E-state index in [9.17, 15) is 5.11 Å². The highest BCUT2D eigenvalue weighted by Gasteiger charge is 2.28. The van der Waals surface area contributed by atoms with Crippen molar-refractivity contribution in [1.29, 1.82) is 0 Å². The number of nitrogens with two attached hydrogens (primary N) is 1. The van der Waals surface area contributed by atoms with Crippen molar-refractivity contribution in [2.45, 2.75) is 12.1 Å². The van der Waals surface area contributed by atoms with Gasteiger partial charge in [0.05, 0.1) is 6.10 Å². The molecule has 2 heterocycles. The molecule has 2 atom stereocenters. The highest BCUT2D eigenvalue weighted by molar-refractivity contribution is 7.99. The maximum absolute atomic E-state index is 10.3. The van der Waals surface area contributed by atoms with E-state index in [2.05, 4.69) is 9.88 Å². The summed E-state index contributed by atoms with van der Waals surface area (Å²) in [6, 6.07) is 1.86. The summed E-state index contributed by atoms with van der Waals surface area (Å²) in [7, 11) is 2.04. The van der Waals surface area contributed by atoms with Gasteiger partial charge in [0, 0.05) is 47.7 Å². The fraction of sp³-hybridized carbons (Fsp3) is 0.545. The lowest BCUT2D eigenvalue weighted by molar-refractivity contribution is 0.0761. The zero-order chi connectivity index (χ0) is 11.5. The molecular formula is C11H17N3OS. The van der Waals surface area contributed by atoms with Crippen LogP contribution >= 0.6 is 11.8 Å². The van der Waals surface area contributed by atoms with Gasteiger partial charge in [0.1, 0.15) is 0 Å². The zero-order valence-electron chi connectivity index (χ0n) is 9.34. The van der Waals surface area contributed by atoms with Crippen LogP contribution in [0.1, 0.15) is 11.7 Å². The van der Waals surface area contributed by atoms with Crippen LogP contribution in [0, 0.1) is 0 Å². The normalized spacial score (nSPS) is 24.2. The minimum absolute atomic E-state index is 0.130. The maximum atomic E-state index is 10.3. The summed E-state index contributed by atoms with van der Waals surface area (Å²) in [5.41, 5.74) is 7.20. The second-order valence-corrected chi connectivity index (χ2v) is 5.22. The number of anilines is 1. The number of likely N-dealkylation sites (N-methyl/N-ethyl adjacent to an activating group) is 1. The molecule has 0 radical (unpaired) electrons. The van der Waals surface area contributed by atoms with Gasteiger partial charge >= 0.3 is 0 Å². The van der Waals surface area contributed by atoms with E-state index in [0.29, 0.717) is 5.69 Å². The Kier molecular flexibility index (Phi) is 3.68. The van der Waals surface area contributed by atoms with Crippen LogP contribution in [-0.4, -0.2) is 46.1 Å². The van der Waals surface area contributed by atoms with Crippen LogP contribution in [0.3, 0.4) is 0 Å². The third kappa shape index (κ3) is 2.31. The Morgan fingerprint density at radius 3 is 3.19 bits per heavy atom. The van der Waals surface area contributed by atoms with Crippen LogP contribution < -0.4 is 5.73 Å². The van der Waals surface area contributed by atoms with Gasteiger partial charge in [0.15, 0.2) is 0 Å². The molecule has 1 aliphatic heterocycles. The lowest BCUT2D eigenvalue weighted by atomic mass is 10.0. The first-order valence-electron chi connectivity index (χ1n) is 5.35. The standard InChI is InChI=1S/C11H17N3OS/c1-14-4-5-16-7-10(14)11(15)8-6-13-3-2-9(8)12/h2-3,6,10-11,15H,4-5,7H2,1H3,(H2,12,13). The van der Waals surface area contributed by atoms with Crippen molar-refractivity contribution in [3.8, 4) is 0 Å². The number of aromatic nitrogens is 1. The Morgan fingerprint density at radius 2 is 2.50 bits per heavy atom. The summed E-state index contributed by atoms with van der Waals surface area (Å²) in [5, 5.41) is 10.3. The highest BCUT2D eigenvalue weighted by atomic mass is 32.2. The summed E-state index contributed by atoms with van der Waals surface area (Å²) in [6.07, 6.45) is 2.75. The fourth-order valence-electron chi connectivity index (χ4n) is 1.91. The SMILES string of the molecule is CN1CCSCC1C(O)c1cnccc1N. The molecule has 1 aromatic heterocycles. The van der Waals surface area contributed by atoms with E-state index in [1.54, 1.807) is 18.5 Å². The maximum Gasteiger partial charge on any atom is 0.0987 e. The Morgan fingerprint density at radius 1 is 1.69 bits per heavy atom. The molecule has 0 saturated carbocycles. The quantitative estimate of drug-likeness (QED) is 0.797. The van der Waals surface area contributed by atoms with Crippen molar-refractivity contribution in [3.05, 3.63) is 24.0 Å². The molecule has 1 aromatic rings. The van der Waals surface area contributed by atoms with Crippen molar-refractivity contribution in [3.63, 3.8) is 0 Å². The van der Waals surface area contributed by atoms with E-state index in [-0.39, 0.29) is 6.04 Å². The first kappa shape index (κ1) is 11.7. The number of aliphatic hydroxyl groups is 1. The average molecular weight is 239 g/mol. The van der Waals surface area contributed by atoms with Crippen molar-refractivity contribution >= 4 is 17.4 Å². The van der Waals surface area contributed by atoms with Crippen LogP contribution in [0.15, 0.2) is 18.5 Å². The number of nitrogen functional groups attached to an aromatic ring is 1. The van der Waals surface area contributed by atoms with E-state index >= 15 is 0 Å². The molecule has 1 aliphatic rings. The van der Waals surface area contributed by atoms with Crippen LogP contribution in [0.25, 0.3) is 0 Å². The van der Waals surface area contributed by atoms with Crippen molar-refractivity contribution in [2.75, 3.05) is 30.8 Å². The monoisotopic (exact) mass is 239 g/mol. The first-order chi connectivity index (χ1) is 7.70. The zero-order valence-corrected chi connectivity index (χ0v) is 10.2. The van der Waals surface area contributed by atoms with E-state index < -0.39 is 6.10 Å². The molecule has 0 bridgehead atoms. The molecule has 5 heteroatoms. The number of rotatable bonds is 2. The number of hydrogen-bond acceptors (Lipinski definition) is 5. The van der Waals surface area contributed by atoms with Gasteiger partial charge in [-0.1, -0.05) is 0 Å². The van der Waals surface area contributed by atoms with Gasteiger partial charge < -0.3 is 10.8 Å². The van der Waals surface area contributed by atoms with E-state index in [4.69, 9.17) is 5.73 Å². The van der Waals surface area contributed by atoms with Gasteiger partial charge in [-0.05, 0) is 13.1 Å². The first-order valence-corrected chi connectivity index (χ1v) is 6.51. The van der Waals surface area contributed by atoms with Crippen LogP contribution in [0.4, 0.5) is 5.69 Å². The van der Waals surface area contributed by atoms with Gasteiger partial charge in [-0.3, -0.25) is 9.88 Å². The smallest absolute Gasteiger partial charge is 0.0987 e. The van der Waals surface area contributed by atoms with E-state index in [1.165, 1.54) is 0 Å². The molecule has 3 N–H and O–H groups in total. The average Bonchev–Trinajstić information content (AvgIpc) is 2.29. The molecule has 2 rings (SSSR count). The molecule has 2 unspecified atom stereocenters. The predicted molar refractivity (Wildman–Crippen MR) is 67.4 cm³/mol. The topological polar surface area (TPSA) is 62.4 Å². The molecule has 1 saturated heterocycles. The Bertz CT molecular complexity index is 361. The van der Waals surface area contributed by atoms with Gasteiger partial charge in [0.2, 0.25) is 0 Å². The van der Waals surface area contributed by atoms with Gasteiger partial charge in [-0.25, -0.2) is 0 Å². The molecule has 88 valence electrons. The molecule has 0 aliphatic carbocycles. The number of nitrogens with zero attached hydrogens (tertiary/aromatic N) is 2. The third-order valence-corrected chi connectivity index (χ3v) is 4.06. The number of pyridine rings is 1. The summed E-state index contributed by atoms with van der Waals surface area (Å²) < 4.78 is 0. The minimum atomic E-state index is -0.550. The molecule has 4 nitrogen and oxygen atoms in total. The summed E-state index contributed by atoms with van der Waals surface area (Å²) in [6.45, 7) is 1.01. The van der Waals surface area contributed by atoms with Gasteiger partial charge in [-0.15, -0.1) is 0 Å². The summed E-state index contributed by atoms with van der Waals surface area (Å²) in [5.74, 6) is 2.06. The Balaban J connectivity index is 2.17. The third-order valence-electron chi connectivity index (χ3n) is 3.01. The predicted octanol–water partition coefficient (Wildman–Crippen LogP) is 0.744. The second kappa shape index (κ2) is 5.03. The van der Waals surface area contributed by atoms with E-state index in [1.807, 2.05) is 18.8 Å². The van der Waals surface area contributed by atoms with Gasteiger partial charge in [-0.2, -0.15) is 11.8 Å². The van der Waals surface area contributed by atoms with Crippen LogP contribution in [-0.2, 0) is 0 Å². The fourth-order valence-corrected chi connectivity index (χ4v) is 3.17. The van der Waals surface area contributed by atoms with E-state index in [0.717, 1.165) is 23.6 Å². The Hall–Kier alpha value is -0.780. The molecular weight excluding hydrogens is 222 g/mol. The van der Waals surface area contributed by atoms with Crippen LogP contribution in [0.5, 0.6) is 0 Å². The van der Waals surface area contributed by atoms with Crippen molar-refractivity contribution in [2.24, 2.45) is 0 Å². The molecule has 16 heavy (non-hydrogen) atoms. The van der Waals surface area contributed by atoms with Crippen LogP contribution in [0.2, 0.25) is 0 Å². The molecule has 0 spiro atoms. The number of aliphatic hydroxyl groups excluding tert-OH is 1. The summed E-state index contributed by atoms with van der Waals surface area (Å²) in [4.78, 5) is 6.21. The second-order valence-electron chi connectivity index (χ2n) is 4.07. The van der Waals surface area contributed by atoms with Gasteiger partial charge in [0.25, 0.3) is 0 Å². The lowest BCUT2D eigenvalue weighted by Crippen LogP contribution is -2.43. The minimum Gasteiger partial charge on any atom is -0.398 e. The highest BCUT2D eigenvalue weighted by Crippen LogP contribution is 2.28. The molecule has 1 fully saturated rings. The van der Waals surface area contributed by atoms with Crippen molar-refractivity contribution < 1.29 is 5.11 Å². The Labute approximate surface area is 99.9 Å². The molecule has 0 amide bonds. The molecule has 0 aromatic carbocycles. The lowest BCUT2D eigenvalue weighted by Gasteiger charge is -2.35. The number of hydrogen-bond donors (Lipinski definition) is 2. The number of thioether (sulfide) groups is 1. The van der Waals surface area contributed by atoms with Crippen molar-refractivity contribution in [1.82, 2.24) is 9.88 Å². The largest absolute Gasteiger partial charge is 0.398 e.